The molecule has 0 atom stereocenters. The lowest BCUT2D eigenvalue weighted by molar-refractivity contribution is -0.114. The Hall–Kier alpha value is -2.55. The highest BCUT2D eigenvalue weighted by Gasteiger charge is 2.10. The number of benzene rings is 2. The molecule has 3 aromatic rings. The Kier molecular flexibility index (Phi) is 7.86. The molecule has 0 spiro atoms. The predicted molar refractivity (Wildman–Crippen MR) is 124 cm³/mol. The van der Waals surface area contributed by atoms with Gasteiger partial charge in [-0.15, -0.1) is 24.0 Å². The number of anilines is 1. The van der Waals surface area contributed by atoms with E-state index in [1.54, 1.807) is 7.05 Å². The molecule has 6 nitrogen and oxygen atoms in total. The van der Waals surface area contributed by atoms with E-state index < -0.39 is 0 Å². The van der Waals surface area contributed by atoms with Crippen LogP contribution in [0.1, 0.15) is 23.8 Å². The number of fused-ring (bicyclic) bond motifs is 1. The van der Waals surface area contributed by atoms with Crippen LogP contribution in [0.4, 0.5) is 5.69 Å². The van der Waals surface area contributed by atoms with Crippen LogP contribution in [0.2, 0.25) is 0 Å². The molecule has 0 radical (unpaired) electrons. The third-order valence-corrected chi connectivity index (χ3v) is 4.29. The van der Waals surface area contributed by atoms with Gasteiger partial charge in [0.25, 0.3) is 0 Å². The topological polar surface area (TPSA) is 78.7 Å². The minimum atomic E-state index is -0.0845. The second kappa shape index (κ2) is 10.1. The van der Waals surface area contributed by atoms with Crippen molar-refractivity contribution in [1.82, 2.24) is 10.6 Å². The fourth-order valence-corrected chi connectivity index (χ4v) is 2.93. The largest absolute Gasteiger partial charge is 0.459 e. The van der Waals surface area contributed by atoms with E-state index in [2.05, 4.69) is 33.9 Å². The smallest absolute Gasteiger partial charge is 0.221 e. The summed E-state index contributed by atoms with van der Waals surface area (Å²) in [7, 11) is 1.73. The lowest BCUT2D eigenvalue weighted by Crippen LogP contribution is -2.36. The maximum Gasteiger partial charge on any atom is 0.221 e. The summed E-state index contributed by atoms with van der Waals surface area (Å²) < 4.78 is 5.92. The highest BCUT2D eigenvalue weighted by molar-refractivity contribution is 14.0. The van der Waals surface area contributed by atoms with Gasteiger partial charge in [-0.3, -0.25) is 9.79 Å². The second-order valence-corrected chi connectivity index (χ2v) is 6.31. The van der Waals surface area contributed by atoms with Gasteiger partial charge in [-0.25, -0.2) is 0 Å². The molecule has 3 N–H and O–H groups in total. The van der Waals surface area contributed by atoms with E-state index >= 15 is 0 Å². The summed E-state index contributed by atoms with van der Waals surface area (Å²) >= 11 is 0. The van der Waals surface area contributed by atoms with Crippen LogP contribution in [-0.2, 0) is 17.9 Å². The number of amides is 1. The molecule has 7 heteroatoms. The van der Waals surface area contributed by atoms with Gasteiger partial charge in [-0.05, 0) is 30.7 Å². The number of furan rings is 1. The number of carbonyl (C=O) groups is 1. The Bertz CT molecular complexity index is 981. The summed E-state index contributed by atoms with van der Waals surface area (Å²) in [6.07, 6.45) is 0. The van der Waals surface area contributed by atoms with Crippen LogP contribution in [0.5, 0.6) is 0 Å². The molecule has 1 aromatic heterocycles. The summed E-state index contributed by atoms with van der Waals surface area (Å²) in [6.45, 7) is 4.70. The minimum Gasteiger partial charge on any atom is -0.459 e. The van der Waals surface area contributed by atoms with Gasteiger partial charge < -0.3 is 20.4 Å². The number of nitrogens with one attached hydrogen (secondary N) is 3. The SMILES string of the molecule is CN=C(NCc1cccc(NC(C)=O)c1)NCc1oc2ccccc2c1C.I. The van der Waals surface area contributed by atoms with Crippen molar-refractivity contribution in [3.63, 3.8) is 0 Å². The van der Waals surface area contributed by atoms with Crippen molar-refractivity contribution in [1.29, 1.82) is 0 Å². The number of rotatable bonds is 5. The van der Waals surface area contributed by atoms with Crippen molar-refractivity contribution in [2.24, 2.45) is 4.99 Å². The molecule has 3 rings (SSSR count). The van der Waals surface area contributed by atoms with Crippen molar-refractivity contribution in [3.8, 4) is 0 Å². The van der Waals surface area contributed by atoms with E-state index in [0.29, 0.717) is 19.0 Å². The number of carbonyl (C=O) groups excluding carboxylic acids is 1. The van der Waals surface area contributed by atoms with E-state index in [-0.39, 0.29) is 29.9 Å². The third kappa shape index (κ3) is 5.48. The number of nitrogens with zero attached hydrogens (tertiary/aromatic N) is 1. The van der Waals surface area contributed by atoms with Crippen LogP contribution in [0.3, 0.4) is 0 Å². The fourth-order valence-electron chi connectivity index (χ4n) is 2.93. The molecule has 2 aromatic carbocycles. The molecule has 0 unspecified atom stereocenters. The molecule has 0 aliphatic carbocycles. The van der Waals surface area contributed by atoms with Crippen LogP contribution in [-0.4, -0.2) is 18.9 Å². The zero-order chi connectivity index (χ0) is 19.2. The lowest BCUT2D eigenvalue weighted by Gasteiger charge is -2.12. The van der Waals surface area contributed by atoms with Gasteiger partial charge >= 0.3 is 0 Å². The predicted octanol–water partition coefficient (Wildman–Crippen LogP) is 4.18. The van der Waals surface area contributed by atoms with Gasteiger partial charge in [0.05, 0.1) is 6.54 Å². The molecule has 1 amide bonds. The molecule has 0 saturated heterocycles. The molecular weight excluding hydrogens is 467 g/mol. The van der Waals surface area contributed by atoms with Gasteiger partial charge in [-0.2, -0.15) is 0 Å². The van der Waals surface area contributed by atoms with E-state index in [0.717, 1.165) is 33.5 Å². The van der Waals surface area contributed by atoms with E-state index in [9.17, 15) is 4.79 Å². The second-order valence-electron chi connectivity index (χ2n) is 6.31. The molecule has 0 aliphatic heterocycles. The van der Waals surface area contributed by atoms with Crippen LogP contribution in [0.15, 0.2) is 57.9 Å². The summed E-state index contributed by atoms with van der Waals surface area (Å²) in [5, 5.41) is 10.5. The zero-order valence-corrected chi connectivity index (χ0v) is 18.5. The third-order valence-electron chi connectivity index (χ3n) is 4.29. The Morgan fingerprint density at radius 1 is 1.07 bits per heavy atom. The number of guanidine groups is 1. The van der Waals surface area contributed by atoms with E-state index in [1.807, 2.05) is 42.5 Å². The minimum absolute atomic E-state index is 0. The first-order chi connectivity index (χ1) is 13.1. The fraction of sp³-hybridized carbons (Fsp3) is 0.238. The molecular formula is C21H25IN4O2. The van der Waals surface area contributed by atoms with Gasteiger partial charge in [0, 0.05) is 37.2 Å². The van der Waals surface area contributed by atoms with Crippen molar-refractivity contribution < 1.29 is 9.21 Å². The van der Waals surface area contributed by atoms with Crippen LogP contribution in [0.25, 0.3) is 11.0 Å². The normalized spacial score (nSPS) is 11.0. The average molecular weight is 492 g/mol. The average Bonchev–Trinajstić information content (AvgIpc) is 2.98. The first-order valence-corrected chi connectivity index (χ1v) is 8.85. The Morgan fingerprint density at radius 3 is 2.54 bits per heavy atom. The van der Waals surface area contributed by atoms with Gasteiger partial charge in [0.2, 0.25) is 5.91 Å². The molecule has 28 heavy (non-hydrogen) atoms. The van der Waals surface area contributed by atoms with Crippen molar-refractivity contribution in [3.05, 3.63) is 65.4 Å². The number of halogens is 1. The zero-order valence-electron chi connectivity index (χ0n) is 16.2. The highest BCUT2D eigenvalue weighted by atomic mass is 127. The van der Waals surface area contributed by atoms with Gasteiger partial charge in [-0.1, -0.05) is 30.3 Å². The number of aryl methyl sites for hydroxylation is 1. The standard InChI is InChI=1S/C21H24N4O2.HI/c1-14-18-9-4-5-10-19(18)27-20(14)13-24-21(22-3)23-12-16-7-6-8-17(11-16)25-15(2)26;/h4-11H,12-13H2,1-3H3,(H,25,26)(H2,22,23,24);1H. The summed E-state index contributed by atoms with van der Waals surface area (Å²) in [5.74, 6) is 1.49. The number of hydrogen-bond acceptors (Lipinski definition) is 3. The van der Waals surface area contributed by atoms with Crippen molar-refractivity contribution in [2.75, 3.05) is 12.4 Å². The molecule has 1 heterocycles. The Balaban J connectivity index is 0.00000280. The van der Waals surface area contributed by atoms with E-state index in [4.69, 9.17) is 4.42 Å². The van der Waals surface area contributed by atoms with Crippen molar-refractivity contribution >= 4 is 52.5 Å². The van der Waals surface area contributed by atoms with Crippen LogP contribution in [0, 0.1) is 6.92 Å². The van der Waals surface area contributed by atoms with Crippen LogP contribution < -0.4 is 16.0 Å². The molecule has 148 valence electrons. The number of aliphatic imine (C=N–C) groups is 1. The van der Waals surface area contributed by atoms with Crippen LogP contribution >= 0.6 is 24.0 Å². The highest BCUT2D eigenvalue weighted by Crippen LogP contribution is 2.24. The Labute approximate surface area is 181 Å². The Morgan fingerprint density at radius 2 is 1.82 bits per heavy atom. The number of hydrogen-bond donors (Lipinski definition) is 3. The maximum absolute atomic E-state index is 11.2. The molecule has 0 saturated carbocycles. The summed E-state index contributed by atoms with van der Waals surface area (Å²) in [5.41, 5.74) is 3.85. The number of para-hydroxylation sites is 1. The van der Waals surface area contributed by atoms with Crippen molar-refractivity contribution in [2.45, 2.75) is 26.9 Å². The summed E-state index contributed by atoms with van der Waals surface area (Å²) in [6, 6.07) is 15.7. The molecule has 0 bridgehead atoms. The first-order valence-electron chi connectivity index (χ1n) is 8.85. The quantitative estimate of drug-likeness (QED) is 0.284. The summed E-state index contributed by atoms with van der Waals surface area (Å²) in [4.78, 5) is 15.4. The van der Waals surface area contributed by atoms with Gasteiger partial charge in [0.15, 0.2) is 5.96 Å². The monoisotopic (exact) mass is 492 g/mol. The molecule has 0 fully saturated rings. The lowest BCUT2D eigenvalue weighted by atomic mass is 10.1. The first kappa shape index (κ1) is 21.7. The van der Waals surface area contributed by atoms with E-state index in [1.165, 1.54) is 6.92 Å². The maximum atomic E-state index is 11.2. The molecule has 0 aliphatic rings. The van der Waals surface area contributed by atoms with Gasteiger partial charge in [0.1, 0.15) is 11.3 Å².